The van der Waals surface area contributed by atoms with Crippen molar-refractivity contribution >= 4 is 21.7 Å². The normalized spacial score (nSPS) is 12.9. The minimum Gasteiger partial charge on any atom is -0.374 e. The van der Waals surface area contributed by atoms with Crippen LogP contribution in [0.1, 0.15) is 30.9 Å². The van der Waals surface area contributed by atoms with Crippen LogP contribution in [0.25, 0.3) is 11.1 Å². The zero-order valence-corrected chi connectivity index (χ0v) is 14.1. The van der Waals surface area contributed by atoms with Gasteiger partial charge in [-0.3, -0.25) is 0 Å². The predicted octanol–water partition coefficient (Wildman–Crippen LogP) is 5.11. The van der Waals surface area contributed by atoms with Gasteiger partial charge in [0.25, 0.3) is 0 Å². The molecule has 2 aliphatic rings. The van der Waals surface area contributed by atoms with Gasteiger partial charge in [-0.1, -0.05) is 37.6 Å². The van der Waals surface area contributed by atoms with Gasteiger partial charge in [0.15, 0.2) is 5.75 Å². The summed E-state index contributed by atoms with van der Waals surface area (Å²) >= 11 is 6.06. The van der Waals surface area contributed by atoms with Crippen molar-refractivity contribution in [2.75, 3.05) is 0 Å². The van der Waals surface area contributed by atoms with Gasteiger partial charge in [0, 0.05) is 5.56 Å². The smallest absolute Gasteiger partial charge is 0.374 e. The van der Waals surface area contributed by atoms with Gasteiger partial charge in [0.2, 0.25) is 0 Å². The monoisotopic (exact) mass is 366 g/mol. The van der Waals surface area contributed by atoms with Gasteiger partial charge in [-0.2, -0.15) is 21.6 Å². The molecule has 0 bridgehead atoms. The summed E-state index contributed by atoms with van der Waals surface area (Å²) < 4.78 is 63.9. The second-order valence-corrected chi connectivity index (χ2v) is 7.36. The molecule has 0 saturated heterocycles. The maximum atomic E-state index is 12.5. The average molecular weight is 367 g/mol. The van der Waals surface area contributed by atoms with Crippen molar-refractivity contribution in [3.8, 4) is 16.9 Å². The Hall–Kier alpha value is -1.47. The Morgan fingerprint density at radius 3 is 2.26 bits per heavy atom. The molecule has 0 aromatic heterocycles. The highest BCUT2D eigenvalue weighted by molar-refractivity contribution is 7.88. The predicted molar refractivity (Wildman–Crippen MR) is 82.5 cm³/mol. The molecule has 0 N–H and O–H groups in total. The average Bonchev–Trinajstić information content (AvgIpc) is 2.59. The van der Waals surface area contributed by atoms with E-state index in [-0.39, 0.29) is 10.9 Å². The molecule has 3 nitrogen and oxygen atoms in total. The number of fused-ring (bicyclic) bond motifs is 1. The van der Waals surface area contributed by atoms with E-state index < -0.39 is 21.4 Å². The van der Waals surface area contributed by atoms with E-state index in [1.807, 2.05) is 19.9 Å². The van der Waals surface area contributed by atoms with Crippen LogP contribution >= 0.6 is 11.6 Å². The van der Waals surface area contributed by atoms with Gasteiger partial charge in [-0.25, -0.2) is 0 Å². The Bertz CT molecular complexity index is 814. The Balaban J connectivity index is 2.63. The van der Waals surface area contributed by atoms with E-state index in [1.165, 1.54) is 6.07 Å². The number of rotatable bonds is 3. The van der Waals surface area contributed by atoms with E-state index in [0.29, 0.717) is 11.1 Å². The first-order valence-corrected chi connectivity index (χ1v) is 8.46. The molecule has 0 saturated carbocycles. The van der Waals surface area contributed by atoms with Crippen LogP contribution in [0.4, 0.5) is 13.2 Å². The molecule has 0 heterocycles. The highest BCUT2D eigenvalue weighted by Crippen LogP contribution is 2.44. The number of hydrogen-bond acceptors (Lipinski definition) is 3. The molecule has 0 atom stereocenters. The van der Waals surface area contributed by atoms with Crippen LogP contribution in [0.15, 0.2) is 24.3 Å². The number of hydrogen-bond donors (Lipinski definition) is 0. The molecule has 2 rings (SSSR count). The topological polar surface area (TPSA) is 43.4 Å². The maximum absolute atomic E-state index is 12.5. The fraction of sp³-hybridized carbons (Fsp3) is 0.333. The fourth-order valence-electron chi connectivity index (χ4n) is 2.10. The summed E-state index contributed by atoms with van der Waals surface area (Å²) in [5, 5.41) is -0.158. The first-order chi connectivity index (χ1) is 10.4. The third kappa shape index (κ3) is 3.40. The molecule has 0 aromatic rings. The lowest BCUT2D eigenvalue weighted by Crippen LogP contribution is -2.27. The van der Waals surface area contributed by atoms with E-state index in [9.17, 15) is 21.6 Å². The van der Waals surface area contributed by atoms with Crippen LogP contribution in [-0.4, -0.2) is 13.9 Å². The largest absolute Gasteiger partial charge is 0.534 e. The van der Waals surface area contributed by atoms with Gasteiger partial charge in [0.1, 0.15) is 0 Å². The molecular weight excluding hydrogens is 353 g/mol. The third-order valence-corrected chi connectivity index (χ3v) is 4.79. The summed E-state index contributed by atoms with van der Waals surface area (Å²) in [6.45, 7) is 5.67. The van der Waals surface area contributed by atoms with Crippen LogP contribution in [0.5, 0.6) is 5.75 Å². The fourth-order valence-corrected chi connectivity index (χ4v) is 2.86. The Morgan fingerprint density at radius 2 is 1.74 bits per heavy atom. The molecule has 0 spiro atoms. The second kappa shape index (κ2) is 5.87. The van der Waals surface area contributed by atoms with E-state index in [1.54, 1.807) is 19.1 Å². The molecule has 0 fully saturated rings. The van der Waals surface area contributed by atoms with Gasteiger partial charge in [0.05, 0.1) is 5.02 Å². The lowest BCUT2D eigenvalue weighted by molar-refractivity contribution is -0.0499. The summed E-state index contributed by atoms with van der Waals surface area (Å²) in [5.74, 6) is -0.359. The Morgan fingerprint density at radius 1 is 1.13 bits per heavy atom. The highest BCUT2D eigenvalue weighted by atomic mass is 35.5. The molecule has 2 aliphatic carbocycles. The van der Waals surface area contributed by atoms with Gasteiger partial charge >= 0.3 is 15.6 Å². The summed E-state index contributed by atoms with van der Waals surface area (Å²) in [5.41, 5.74) is -2.86. The third-order valence-electron chi connectivity index (χ3n) is 3.43. The zero-order chi connectivity index (χ0) is 17.6. The van der Waals surface area contributed by atoms with Gasteiger partial charge in [-0.15, -0.1) is 0 Å². The standard InChI is InChI=1S/C15H14ClF3O3S/c1-8(2)10-5-4-9(3)11-7-13(14(16)12(11)6-10)22-23(20,21)15(17,18)19/h4-8H,1-3H3. The lowest BCUT2D eigenvalue weighted by Gasteiger charge is -2.08. The van der Waals surface area contributed by atoms with Crippen LogP contribution in [0, 0.1) is 6.92 Å². The first kappa shape index (κ1) is 17.9. The number of aryl methyl sites for hydroxylation is 1. The summed E-state index contributed by atoms with van der Waals surface area (Å²) in [6, 6.07) is 6.63. The first-order valence-electron chi connectivity index (χ1n) is 6.67. The SMILES string of the molecule is Cc1ccc(C(C)C)cc2c(Cl)c(OS(=O)(=O)C(F)(F)F)cc1-2. The molecule has 0 radical (unpaired) electrons. The Kier molecular flexibility index (Phi) is 4.56. The van der Waals surface area contributed by atoms with E-state index in [2.05, 4.69) is 4.18 Å². The van der Waals surface area contributed by atoms with Crippen LogP contribution in [0.2, 0.25) is 5.02 Å². The van der Waals surface area contributed by atoms with Crippen molar-refractivity contribution in [2.45, 2.75) is 32.2 Å². The van der Waals surface area contributed by atoms with Crippen molar-refractivity contribution in [1.29, 1.82) is 0 Å². The molecule has 0 amide bonds. The molecule has 0 unspecified atom stereocenters. The lowest BCUT2D eigenvalue weighted by atomic mass is 10.0. The maximum Gasteiger partial charge on any atom is 0.534 e. The summed E-state index contributed by atoms with van der Waals surface area (Å²) in [7, 11) is -5.76. The molecular formula is C15H14ClF3O3S. The molecule has 23 heavy (non-hydrogen) atoms. The van der Waals surface area contributed by atoms with Crippen LogP contribution in [-0.2, 0) is 10.1 Å². The molecule has 0 aromatic carbocycles. The molecule has 126 valence electrons. The Labute approximate surface area is 137 Å². The zero-order valence-electron chi connectivity index (χ0n) is 12.5. The van der Waals surface area contributed by atoms with Crippen LogP contribution in [0.3, 0.4) is 0 Å². The molecule has 8 heteroatoms. The van der Waals surface area contributed by atoms with E-state index in [0.717, 1.165) is 11.1 Å². The van der Waals surface area contributed by atoms with Crippen molar-refractivity contribution in [1.82, 2.24) is 0 Å². The quantitative estimate of drug-likeness (QED) is 0.560. The number of alkyl halides is 3. The van der Waals surface area contributed by atoms with Gasteiger partial charge in [-0.05, 0) is 41.7 Å². The summed E-state index contributed by atoms with van der Waals surface area (Å²) in [4.78, 5) is 0. The molecule has 0 aliphatic heterocycles. The van der Waals surface area contributed by atoms with E-state index in [4.69, 9.17) is 11.6 Å². The minimum atomic E-state index is -5.76. The number of halogens is 4. The second-order valence-electron chi connectivity index (χ2n) is 5.45. The van der Waals surface area contributed by atoms with Crippen molar-refractivity contribution in [2.24, 2.45) is 0 Å². The van der Waals surface area contributed by atoms with Crippen LogP contribution < -0.4 is 4.18 Å². The van der Waals surface area contributed by atoms with Gasteiger partial charge < -0.3 is 4.18 Å². The minimum absolute atomic E-state index is 0.158. The van der Waals surface area contributed by atoms with Crippen molar-refractivity contribution < 1.29 is 25.8 Å². The van der Waals surface area contributed by atoms with Crippen molar-refractivity contribution in [3.05, 3.63) is 40.4 Å². The summed E-state index contributed by atoms with van der Waals surface area (Å²) in [6.07, 6.45) is 0. The highest BCUT2D eigenvalue weighted by Gasteiger charge is 2.49. The van der Waals surface area contributed by atoms with E-state index >= 15 is 0 Å². The van der Waals surface area contributed by atoms with Crippen molar-refractivity contribution in [3.63, 3.8) is 0 Å².